The number of piperidine rings is 1. The number of ketones is 1. The van der Waals surface area contributed by atoms with Crippen molar-refractivity contribution >= 4 is 11.5 Å². The van der Waals surface area contributed by atoms with E-state index in [-0.39, 0.29) is 5.60 Å². The van der Waals surface area contributed by atoms with Crippen molar-refractivity contribution < 1.29 is 14.4 Å². The van der Waals surface area contributed by atoms with Gasteiger partial charge in [-0.15, -0.1) is 0 Å². The highest BCUT2D eigenvalue weighted by atomic mass is 16.6. The molecule has 0 aromatic heterocycles. The van der Waals surface area contributed by atoms with E-state index in [4.69, 9.17) is 9.57 Å². The van der Waals surface area contributed by atoms with Gasteiger partial charge in [-0.25, -0.2) is 0 Å². The van der Waals surface area contributed by atoms with E-state index in [1.54, 1.807) is 6.92 Å². The number of likely N-dealkylation sites (tertiary alicyclic amines) is 1. The molecule has 2 heterocycles. The van der Waals surface area contributed by atoms with Crippen LogP contribution in [0.3, 0.4) is 0 Å². The van der Waals surface area contributed by atoms with Crippen LogP contribution in [0.2, 0.25) is 0 Å². The number of ether oxygens (including phenoxy) is 1. The second-order valence-corrected chi connectivity index (χ2v) is 19.6. The molecule has 0 spiro atoms. The third kappa shape index (κ3) is 36.6. The molecule has 2 rings (SSSR count). The third-order valence-corrected chi connectivity index (χ3v) is 9.38. The summed E-state index contributed by atoms with van der Waals surface area (Å²) in [5.41, 5.74) is 2.46. The van der Waals surface area contributed by atoms with Crippen LogP contribution in [0.5, 0.6) is 0 Å². The van der Waals surface area contributed by atoms with Crippen LogP contribution < -0.4 is 0 Å². The number of oxime groups is 1. The summed E-state index contributed by atoms with van der Waals surface area (Å²) in [6.07, 6.45) is 15.7. The molecule has 49 heavy (non-hydrogen) atoms. The van der Waals surface area contributed by atoms with Crippen LogP contribution in [-0.4, -0.2) is 79.9 Å². The molecular formula is C43H89N3O3. The molecule has 0 aromatic rings. The van der Waals surface area contributed by atoms with Crippen molar-refractivity contribution in [1.82, 2.24) is 9.80 Å². The average Bonchev–Trinajstić information content (AvgIpc) is 3.42. The molecule has 0 aromatic carbocycles. The van der Waals surface area contributed by atoms with Gasteiger partial charge in [0.15, 0.2) is 0 Å². The van der Waals surface area contributed by atoms with E-state index >= 15 is 0 Å². The fourth-order valence-electron chi connectivity index (χ4n) is 5.17. The van der Waals surface area contributed by atoms with E-state index in [0.29, 0.717) is 22.0 Å². The van der Waals surface area contributed by atoms with Gasteiger partial charge >= 0.3 is 0 Å². The van der Waals surface area contributed by atoms with Crippen molar-refractivity contribution in [3.63, 3.8) is 0 Å². The highest BCUT2D eigenvalue weighted by Crippen LogP contribution is 2.34. The van der Waals surface area contributed by atoms with Gasteiger partial charge in [-0.2, -0.15) is 0 Å². The second kappa shape index (κ2) is 25.9. The zero-order valence-electron chi connectivity index (χ0n) is 36.4. The molecular weight excluding hydrogens is 606 g/mol. The summed E-state index contributed by atoms with van der Waals surface area (Å²) in [7, 11) is 4.29. The number of carbonyl (C=O) groups is 1. The molecule has 2 atom stereocenters. The topological polar surface area (TPSA) is 54.4 Å². The molecule has 0 N–H and O–H groups in total. The molecule has 6 nitrogen and oxygen atoms in total. The van der Waals surface area contributed by atoms with Gasteiger partial charge in [-0.05, 0) is 148 Å². The summed E-state index contributed by atoms with van der Waals surface area (Å²) in [5.74, 6) is 1.15. The van der Waals surface area contributed by atoms with Gasteiger partial charge in [0.05, 0.1) is 11.3 Å². The standard InChI is InChI=1S/C15H30N2O.C11H22O.C9H21N.C8H16O/c1-14(8-9-15(2,3)4)16-18-13-12-17-10-6-5-7-11-17;1-10(2,3)7-8-11(4)6-5-9-12-11;1-8(2)6-7-9(3)10(4)5;1-7(9)5-6-8(2,3)4/h5-13H2,1-4H3;5-9H2,1-4H3;8-9H,6-7H2,1-5H3;5-6H2,1-4H3/b16-14-;;;. The Balaban J connectivity index is 0. The Morgan fingerprint density at radius 2 is 1.35 bits per heavy atom. The lowest BCUT2D eigenvalue weighted by atomic mass is 9.84. The minimum Gasteiger partial charge on any atom is -0.394 e. The summed E-state index contributed by atoms with van der Waals surface area (Å²) in [5, 5.41) is 4.20. The summed E-state index contributed by atoms with van der Waals surface area (Å²) < 4.78 is 5.74. The van der Waals surface area contributed by atoms with Crippen molar-refractivity contribution in [3.8, 4) is 0 Å². The predicted octanol–water partition coefficient (Wildman–Crippen LogP) is 11.8. The summed E-state index contributed by atoms with van der Waals surface area (Å²) in [6.45, 7) is 38.1. The minimum absolute atomic E-state index is 0.202. The van der Waals surface area contributed by atoms with Crippen LogP contribution in [0.15, 0.2) is 5.16 Å². The van der Waals surface area contributed by atoms with E-state index in [9.17, 15) is 4.79 Å². The van der Waals surface area contributed by atoms with E-state index in [2.05, 4.69) is 126 Å². The van der Waals surface area contributed by atoms with Crippen LogP contribution in [0.25, 0.3) is 0 Å². The molecule has 0 aliphatic carbocycles. The monoisotopic (exact) mass is 696 g/mol. The van der Waals surface area contributed by atoms with Gasteiger partial charge in [0.25, 0.3) is 0 Å². The molecule has 2 fully saturated rings. The van der Waals surface area contributed by atoms with Crippen LogP contribution in [0.4, 0.5) is 0 Å². The maximum absolute atomic E-state index is 10.5. The zero-order chi connectivity index (χ0) is 38.3. The number of hydrogen-bond donors (Lipinski definition) is 0. The molecule has 6 heteroatoms. The van der Waals surface area contributed by atoms with Crippen molar-refractivity contribution in [2.45, 2.75) is 199 Å². The minimum atomic E-state index is 0.202. The van der Waals surface area contributed by atoms with Crippen molar-refractivity contribution in [1.29, 1.82) is 0 Å². The number of nitrogens with zero attached hydrogens (tertiary/aromatic N) is 3. The molecule has 0 saturated carbocycles. The summed E-state index contributed by atoms with van der Waals surface area (Å²) >= 11 is 0. The Labute approximate surface area is 308 Å². The van der Waals surface area contributed by atoms with Gasteiger partial charge in [0.1, 0.15) is 12.4 Å². The van der Waals surface area contributed by atoms with E-state index < -0.39 is 0 Å². The lowest BCUT2D eigenvalue weighted by Crippen LogP contribution is -2.32. The first kappa shape index (κ1) is 50.1. The quantitative estimate of drug-likeness (QED) is 0.103. The van der Waals surface area contributed by atoms with Crippen LogP contribution >= 0.6 is 0 Å². The van der Waals surface area contributed by atoms with Crippen molar-refractivity contribution in [3.05, 3.63) is 0 Å². The largest absolute Gasteiger partial charge is 0.394 e. The number of hydrogen-bond acceptors (Lipinski definition) is 6. The molecule has 0 amide bonds. The molecule has 0 radical (unpaired) electrons. The van der Waals surface area contributed by atoms with E-state index in [0.717, 1.165) is 63.1 Å². The zero-order valence-corrected chi connectivity index (χ0v) is 36.4. The Kier molecular flexibility index (Phi) is 26.5. The number of rotatable bonds is 14. The Hall–Kier alpha value is -0.980. The molecule has 294 valence electrons. The Morgan fingerprint density at radius 1 is 0.816 bits per heavy atom. The van der Waals surface area contributed by atoms with Gasteiger partial charge in [-0.1, -0.05) is 87.7 Å². The maximum Gasteiger partial charge on any atom is 0.129 e. The summed E-state index contributed by atoms with van der Waals surface area (Å²) in [6, 6.07) is 0.738. The Morgan fingerprint density at radius 3 is 1.76 bits per heavy atom. The van der Waals surface area contributed by atoms with E-state index in [1.165, 1.54) is 70.9 Å². The normalized spacial score (nSPS) is 19.7. The van der Waals surface area contributed by atoms with Crippen LogP contribution in [-0.2, 0) is 14.4 Å². The molecule has 2 unspecified atom stereocenters. The lowest BCUT2D eigenvalue weighted by Gasteiger charge is -2.27. The highest BCUT2D eigenvalue weighted by Gasteiger charge is 2.30. The van der Waals surface area contributed by atoms with Gasteiger partial charge < -0.3 is 19.3 Å². The molecule has 0 bridgehead atoms. The fourth-order valence-corrected chi connectivity index (χ4v) is 5.17. The van der Waals surface area contributed by atoms with Crippen molar-refractivity contribution in [2.75, 3.05) is 46.9 Å². The SMILES string of the molecule is C/C(CCC(C)(C)C)=N/OCCN1CCCCC1.CC(=O)CCC(C)(C)C.CC(C)(C)CCC1(C)CCCO1.CC(C)CCC(C)N(C)C. The lowest BCUT2D eigenvalue weighted by molar-refractivity contribution is -0.117. The number of carbonyl (C=O) groups excluding carboxylic acids is 1. The first-order chi connectivity index (χ1) is 22.3. The van der Waals surface area contributed by atoms with Gasteiger partial charge in [-0.3, -0.25) is 4.90 Å². The fraction of sp³-hybridized carbons (Fsp3) is 0.953. The first-order valence-corrected chi connectivity index (χ1v) is 20.0. The van der Waals surface area contributed by atoms with Crippen LogP contribution in [0.1, 0.15) is 187 Å². The Bertz CT molecular complexity index is 834. The first-order valence-electron chi connectivity index (χ1n) is 20.0. The third-order valence-electron chi connectivity index (χ3n) is 9.38. The van der Waals surface area contributed by atoms with E-state index in [1.807, 2.05) is 0 Å². The molecule has 2 aliphatic rings. The van der Waals surface area contributed by atoms with Crippen molar-refractivity contribution in [2.24, 2.45) is 27.3 Å². The van der Waals surface area contributed by atoms with Crippen LogP contribution in [0, 0.1) is 22.2 Å². The second-order valence-electron chi connectivity index (χ2n) is 19.6. The molecule has 2 aliphatic heterocycles. The van der Waals surface area contributed by atoms with Gasteiger partial charge in [0.2, 0.25) is 0 Å². The number of Topliss-reactive ketones (excluding diaryl/α,β-unsaturated/α-hetero) is 1. The highest BCUT2D eigenvalue weighted by molar-refractivity contribution is 5.81. The maximum atomic E-state index is 10.5. The predicted molar refractivity (Wildman–Crippen MR) is 217 cm³/mol. The average molecular weight is 696 g/mol. The molecule has 2 saturated heterocycles. The van der Waals surface area contributed by atoms with Gasteiger partial charge in [0, 0.05) is 25.6 Å². The smallest absolute Gasteiger partial charge is 0.129 e. The summed E-state index contributed by atoms with van der Waals surface area (Å²) in [4.78, 5) is 20.7.